The molecule has 4 amide bonds. The fourth-order valence-corrected chi connectivity index (χ4v) is 7.79. The molecule has 1 aromatic heterocycles. The molecule has 2 saturated carbocycles. The summed E-state index contributed by atoms with van der Waals surface area (Å²) in [5.41, 5.74) is -2.49. The molecule has 2 aromatic rings. The highest BCUT2D eigenvalue weighted by atomic mass is 32.2. The number of likely N-dealkylation sites (tertiary alicyclic amines) is 1. The molecule has 5 rings (SSSR count). The third kappa shape index (κ3) is 9.56. The number of ether oxygens (including phenoxy) is 3. The van der Waals surface area contributed by atoms with Crippen LogP contribution < -0.4 is 24.8 Å². The van der Waals surface area contributed by atoms with E-state index in [1.165, 1.54) is 17.1 Å². The van der Waals surface area contributed by atoms with Gasteiger partial charge in [-0.1, -0.05) is 19.1 Å². The molecule has 1 aliphatic heterocycles. The lowest BCUT2D eigenvalue weighted by molar-refractivity contribution is -0.141. The third-order valence-electron chi connectivity index (χ3n) is 9.52. The second-order valence-corrected chi connectivity index (χ2v) is 16.8. The molecule has 54 heavy (non-hydrogen) atoms. The number of aromatic nitrogens is 1. The van der Waals surface area contributed by atoms with Crippen LogP contribution >= 0.6 is 0 Å². The number of fused-ring (bicyclic) bond motifs is 1. The van der Waals surface area contributed by atoms with Crippen LogP contribution in [0.4, 0.5) is 4.79 Å². The van der Waals surface area contributed by atoms with E-state index in [2.05, 4.69) is 26.9 Å². The van der Waals surface area contributed by atoms with Crippen LogP contribution in [0.25, 0.3) is 10.8 Å². The van der Waals surface area contributed by atoms with Crippen molar-refractivity contribution in [3.05, 3.63) is 55.3 Å². The number of nitrogens with one attached hydrogen (secondary N) is 3. The van der Waals surface area contributed by atoms with Crippen molar-refractivity contribution in [2.75, 3.05) is 13.7 Å². The predicted molar refractivity (Wildman–Crippen MR) is 199 cm³/mol. The Bertz CT molecular complexity index is 1940. The summed E-state index contributed by atoms with van der Waals surface area (Å²) in [6, 6.07) is 4.62. The number of amides is 4. The van der Waals surface area contributed by atoms with Crippen molar-refractivity contribution in [1.82, 2.24) is 25.2 Å². The largest absolute Gasteiger partial charge is 0.497 e. The van der Waals surface area contributed by atoms with Crippen LogP contribution in [0.2, 0.25) is 0 Å². The van der Waals surface area contributed by atoms with Crippen molar-refractivity contribution in [2.24, 2.45) is 5.92 Å². The lowest BCUT2D eigenvalue weighted by atomic mass is 10.1. The van der Waals surface area contributed by atoms with Crippen LogP contribution in [-0.2, 0) is 33.9 Å². The summed E-state index contributed by atoms with van der Waals surface area (Å²) in [7, 11) is -2.38. The molecule has 292 valence electrons. The van der Waals surface area contributed by atoms with Gasteiger partial charge in [0.1, 0.15) is 35.1 Å². The number of hydrogen-bond acceptors (Lipinski definition) is 11. The van der Waals surface area contributed by atoms with Gasteiger partial charge in [-0.05, 0) is 88.6 Å². The van der Waals surface area contributed by atoms with E-state index in [-0.39, 0.29) is 43.9 Å². The Kier molecular flexibility index (Phi) is 12.0. The lowest BCUT2D eigenvalue weighted by Crippen LogP contribution is -2.58. The molecule has 0 unspecified atom stereocenters. The second kappa shape index (κ2) is 16.2. The first-order chi connectivity index (χ1) is 25.5. The van der Waals surface area contributed by atoms with Gasteiger partial charge in [-0.15, -0.1) is 6.58 Å². The molecular weight excluding hydrogens is 719 g/mol. The van der Waals surface area contributed by atoms with Crippen molar-refractivity contribution >= 4 is 50.4 Å². The van der Waals surface area contributed by atoms with Gasteiger partial charge in [0.05, 0.1) is 18.9 Å². The van der Waals surface area contributed by atoms with Crippen molar-refractivity contribution in [3.63, 3.8) is 0 Å². The molecule has 16 heteroatoms. The number of carbonyl (C=O) groups is 5. The number of pyridine rings is 1. The quantitative estimate of drug-likeness (QED) is 0.167. The predicted octanol–water partition coefficient (Wildman–Crippen LogP) is 3.47. The molecule has 1 saturated heterocycles. The van der Waals surface area contributed by atoms with Gasteiger partial charge in [-0.2, -0.15) is 0 Å². The van der Waals surface area contributed by atoms with E-state index in [1.54, 1.807) is 58.4 Å². The van der Waals surface area contributed by atoms with Crippen molar-refractivity contribution in [2.45, 2.75) is 107 Å². The number of alkyl carbamates (subject to hydrolysis) is 1. The average Bonchev–Trinajstić information content (AvgIpc) is 4.04. The Morgan fingerprint density at radius 1 is 1.15 bits per heavy atom. The first kappa shape index (κ1) is 40.2. The number of allylic oxidation sites excluding steroid dienone is 2. The minimum Gasteiger partial charge on any atom is -0.497 e. The first-order valence-electron chi connectivity index (χ1n) is 18.1. The van der Waals surface area contributed by atoms with Crippen LogP contribution in [0.3, 0.4) is 0 Å². The fourth-order valence-electron chi connectivity index (χ4n) is 6.43. The van der Waals surface area contributed by atoms with Crippen molar-refractivity contribution < 1.29 is 46.6 Å². The normalized spacial score (nSPS) is 23.0. The number of rotatable bonds is 16. The maximum absolute atomic E-state index is 14.5. The van der Waals surface area contributed by atoms with E-state index < -0.39 is 74.3 Å². The smallest absolute Gasteiger partial charge is 0.408 e. The topological polar surface area (TPSA) is 199 Å². The summed E-state index contributed by atoms with van der Waals surface area (Å²) in [6.07, 6.45) is 5.85. The zero-order chi connectivity index (χ0) is 39.4. The highest BCUT2D eigenvalue weighted by Crippen LogP contribution is 2.45. The summed E-state index contributed by atoms with van der Waals surface area (Å²) >= 11 is 0. The van der Waals surface area contributed by atoms with E-state index in [0.717, 1.165) is 5.39 Å². The van der Waals surface area contributed by atoms with Gasteiger partial charge in [0, 0.05) is 30.3 Å². The van der Waals surface area contributed by atoms with E-state index in [9.17, 15) is 32.4 Å². The minimum absolute atomic E-state index is 0.0417. The maximum atomic E-state index is 14.5. The second-order valence-electron chi connectivity index (χ2n) is 14.9. The highest BCUT2D eigenvalue weighted by molar-refractivity contribution is 7.91. The summed E-state index contributed by atoms with van der Waals surface area (Å²) in [6.45, 7) is 10.5. The average molecular weight is 768 g/mol. The van der Waals surface area contributed by atoms with E-state index in [4.69, 9.17) is 14.2 Å². The standard InChI is InChI=1S/C38H49N5O10S/c1-7-9-10-25(44)11-16-30(40-36(48)53-37(3,4)5)34(46)43-22-27(52-33-29-15-12-26(51-6)19-23(29)17-18-39-33)20-31(43)32(45)41-38(21-24(38)8-2)35(47)42-54(49,50)28-13-14-28/h8-10,12,15,17-19,24,27-28,30-31H,2,7,11,13-14,16,20-22H2,1,3-6H3,(H,40,48)(H,41,45)(H,42,47)/t24-,27-,30+,31+,38-/m1/s1. The van der Waals surface area contributed by atoms with Gasteiger partial charge >= 0.3 is 6.09 Å². The summed E-state index contributed by atoms with van der Waals surface area (Å²) in [4.78, 5) is 73.5. The summed E-state index contributed by atoms with van der Waals surface area (Å²) < 4.78 is 44.6. The molecule has 3 N–H and O–H groups in total. The van der Waals surface area contributed by atoms with Gasteiger partial charge in [-0.3, -0.25) is 23.9 Å². The van der Waals surface area contributed by atoms with Gasteiger partial charge < -0.3 is 29.7 Å². The third-order valence-corrected chi connectivity index (χ3v) is 11.3. The fraction of sp³-hybridized carbons (Fsp3) is 0.526. The molecule has 0 spiro atoms. The highest BCUT2D eigenvalue weighted by Gasteiger charge is 2.62. The van der Waals surface area contributed by atoms with E-state index in [1.807, 2.05) is 13.0 Å². The van der Waals surface area contributed by atoms with Crippen molar-refractivity contribution in [1.29, 1.82) is 0 Å². The van der Waals surface area contributed by atoms with Gasteiger partial charge in [-0.25, -0.2) is 18.2 Å². The Morgan fingerprint density at radius 3 is 2.52 bits per heavy atom. The minimum atomic E-state index is -3.93. The molecule has 0 bridgehead atoms. The first-order valence-corrected chi connectivity index (χ1v) is 19.6. The zero-order valence-electron chi connectivity index (χ0n) is 31.3. The number of benzene rings is 1. The molecule has 15 nitrogen and oxygen atoms in total. The molecule has 3 aliphatic rings. The maximum Gasteiger partial charge on any atom is 0.408 e. The summed E-state index contributed by atoms with van der Waals surface area (Å²) in [5.74, 6) is -2.23. The Morgan fingerprint density at radius 2 is 1.89 bits per heavy atom. The van der Waals surface area contributed by atoms with E-state index in [0.29, 0.717) is 30.4 Å². The van der Waals surface area contributed by atoms with Gasteiger partial charge in [0.25, 0.3) is 5.91 Å². The molecular formula is C38H49N5O10S. The van der Waals surface area contributed by atoms with Crippen LogP contribution in [0.5, 0.6) is 11.6 Å². The number of hydrogen-bond donors (Lipinski definition) is 3. The Balaban J connectivity index is 1.44. The monoisotopic (exact) mass is 767 g/mol. The Labute approximate surface area is 315 Å². The molecule has 1 aromatic carbocycles. The SMILES string of the molecule is C=C[C@@H]1C[C@]1(NC(=O)[C@@H]1C[C@@H](Oc2nccc3cc(OC)ccc23)CN1C(=O)[C@H](CCC(=O)C=CCC)NC(=O)OC(C)(C)C)C(=O)NS(=O)(=O)C1CC1. The van der Waals surface area contributed by atoms with Crippen LogP contribution in [0, 0.1) is 5.92 Å². The van der Waals surface area contributed by atoms with Crippen LogP contribution in [0.15, 0.2) is 55.3 Å². The molecule has 3 fully saturated rings. The number of methoxy groups -OCH3 is 1. The number of nitrogens with zero attached hydrogens (tertiary/aromatic N) is 2. The molecule has 2 heterocycles. The molecule has 0 radical (unpaired) electrons. The van der Waals surface area contributed by atoms with Gasteiger partial charge in [0.2, 0.25) is 27.7 Å². The van der Waals surface area contributed by atoms with Crippen LogP contribution in [-0.4, -0.2) is 96.1 Å². The number of carbonyl (C=O) groups excluding carboxylic acids is 5. The van der Waals surface area contributed by atoms with E-state index >= 15 is 0 Å². The number of sulfonamides is 1. The lowest BCUT2D eigenvalue weighted by Gasteiger charge is -2.30. The molecule has 2 aliphatic carbocycles. The number of ketones is 1. The van der Waals surface area contributed by atoms with Crippen LogP contribution in [0.1, 0.15) is 72.6 Å². The zero-order valence-corrected chi connectivity index (χ0v) is 32.1. The van der Waals surface area contributed by atoms with Gasteiger partial charge in [0.15, 0.2) is 5.78 Å². The summed E-state index contributed by atoms with van der Waals surface area (Å²) in [5, 5.41) is 6.11. The molecule has 5 atom stereocenters. The van der Waals surface area contributed by atoms with Crippen molar-refractivity contribution in [3.8, 4) is 11.6 Å². The Hall–Kier alpha value is -4.99.